The molecule has 17 heavy (non-hydrogen) atoms. The van der Waals surface area contributed by atoms with E-state index >= 15 is 0 Å². The largest absolute Gasteiger partial charge is 0.481 e. The van der Waals surface area contributed by atoms with E-state index in [1.54, 1.807) is 19.4 Å². The van der Waals surface area contributed by atoms with Gasteiger partial charge in [0, 0.05) is 25.0 Å². The van der Waals surface area contributed by atoms with Gasteiger partial charge >= 0.3 is 0 Å². The summed E-state index contributed by atoms with van der Waals surface area (Å²) >= 11 is 0. The van der Waals surface area contributed by atoms with Gasteiger partial charge in [-0.25, -0.2) is 9.97 Å². The summed E-state index contributed by atoms with van der Waals surface area (Å²) in [5.74, 6) is 1.32. The third-order valence-corrected chi connectivity index (χ3v) is 2.29. The van der Waals surface area contributed by atoms with Crippen molar-refractivity contribution in [2.45, 2.75) is 6.42 Å². The van der Waals surface area contributed by atoms with Crippen LogP contribution in [0.1, 0.15) is 5.56 Å². The van der Waals surface area contributed by atoms with E-state index in [-0.39, 0.29) is 0 Å². The lowest BCUT2D eigenvalue weighted by molar-refractivity contribution is 0.397. The zero-order valence-corrected chi connectivity index (χ0v) is 9.63. The Hall–Kier alpha value is -2.17. The van der Waals surface area contributed by atoms with Crippen LogP contribution in [0.2, 0.25) is 0 Å². The van der Waals surface area contributed by atoms with Gasteiger partial charge in [-0.3, -0.25) is 4.98 Å². The molecule has 0 bridgehead atoms. The summed E-state index contributed by atoms with van der Waals surface area (Å²) in [5.41, 5.74) is 1.20. The van der Waals surface area contributed by atoms with Crippen molar-refractivity contribution in [2.24, 2.45) is 0 Å². The first-order valence-electron chi connectivity index (χ1n) is 5.37. The molecular weight excluding hydrogens is 216 g/mol. The topological polar surface area (TPSA) is 59.9 Å². The average molecular weight is 230 g/mol. The number of nitrogens with one attached hydrogen (secondary N) is 1. The van der Waals surface area contributed by atoms with Gasteiger partial charge in [-0.2, -0.15) is 0 Å². The highest BCUT2D eigenvalue weighted by Gasteiger charge is 1.98. The molecule has 0 amide bonds. The Morgan fingerprint density at radius 3 is 3.06 bits per heavy atom. The maximum atomic E-state index is 5.02. The van der Waals surface area contributed by atoms with Gasteiger partial charge in [0.1, 0.15) is 12.1 Å². The summed E-state index contributed by atoms with van der Waals surface area (Å²) in [6.45, 7) is 0.797. The number of ether oxygens (including phenoxy) is 1. The molecular formula is C12H14N4O. The summed E-state index contributed by atoms with van der Waals surface area (Å²) < 4.78 is 5.02. The van der Waals surface area contributed by atoms with E-state index in [1.165, 1.54) is 11.9 Å². The summed E-state index contributed by atoms with van der Waals surface area (Å²) in [4.78, 5) is 12.1. The van der Waals surface area contributed by atoms with Crippen molar-refractivity contribution >= 4 is 5.82 Å². The van der Waals surface area contributed by atoms with Crippen molar-refractivity contribution in [1.29, 1.82) is 0 Å². The molecule has 2 aromatic rings. The lowest BCUT2D eigenvalue weighted by atomic mass is 10.2. The minimum Gasteiger partial charge on any atom is -0.481 e. The van der Waals surface area contributed by atoms with Gasteiger partial charge in [-0.15, -0.1) is 0 Å². The van der Waals surface area contributed by atoms with Crippen molar-refractivity contribution in [3.63, 3.8) is 0 Å². The molecule has 2 heterocycles. The maximum Gasteiger partial charge on any atom is 0.218 e. The maximum absolute atomic E-state index is 5.02. The lowest BCUT2D eigenvalue weighted by Gasteiger charge is -2.06. The van der Waals surface area contributed by atoms with Gasteiger partial charge in [0.15, 0.2) is 0 Å². The molecule has 0 radical (unpaired) electrons. The highest BCUT2D eigenvalue weighted by molar-refractivity contribution is 5.37. The zero-order chi connectivity index (χ0) is 11.9. The second-order valence-electron chi connectivity index (χ2n) is 3.48. The van der Waals surface area contributed by atoms with E-state index in [4.69, 9.17) is 4.74 Å². The Labute approximate surface area is 99.9 Å². The Kier molecular flexibility index (Phi) is 3.85. The fraction of sp³-hybridized carbons (Fsp3) is 0.250. The molecule has 0 aliphatic rings. The van der Waals surface area contributed by atoms with Crippen molar-refractivity contribution in [1.82, 2.24) is 15.0 Å². The summed E-state index contributed by atoms with van der Waals surface area (Å²) in [7, 11) is 1.59. The van der Waals surface area contributed by atoms with Gasteiger partial charge in [-0.1, -0.05) is 6.07 Å². The average Bonchev–Trinajstić information content (AvgIpc) is 2.40. The molecule has 0 aliphatic carbocycles. The van der Waals surface area contributed by atoms with Crippen LogP contribution in [0.25, 0.3) is 0 Å². The number of hydrogen-bond donors (Lipinski definition) is 1. The molecule has 0 aromatic carbocycles. The molecule has 2 aromatic heterocycles. The molecule has 0 unspecified atom stereocenters. The Morgan fingerprint density at radius 1 is 1.35 bits per heavy atom. The van der Waals surface area contributed by atoms with Crippen molar-refractivity contribution in [3.05, 3.63) is 42.5 Å². The Bertz CT molecular complexity index is 461. The van der Waals surface area contributed by atoms with Crippen LogP contribution in [0.3, 0.4) is 0 Å². The number of hydrogen-bond acceptors (Lipinski definition) is 5. The van der Waals surface area contributed by atoms with Crippen molar-refractivity contribution in [3.8, 4) is 5.88 Å². The number of aromatic nitrogens is 3. The fourth-order valence-electron chi connectivity index (χ4n) is 1.43. The van der Waals surface area contributed by atoms with E-state index in [1.807, 2.05) is 12.3 Å². The molecule has 0 aliphatic heterocycles. The second kappa shape index (κ2) is 5.79. The predicted octanol–water partition coefficient (Wildman–Crippen LogP) is 1.53. The van der Waals surface area contributed by atoms with Crippen LogP contribution < -0.4 is 10.1 Å². The zero-order valence-electron chi connectivity index (χ0n) is 9.63. The monoisotopic (exact) mass is 230 g/mol. The smallest absolute Gasteiger partial charge is 0.218 e. The van der Waals surface area contributed by atoms with Crippen LogP contribution in [0.4, 0.5) is 5.82 Å². The molecule has 0 atom stereocenters. The summed E-state index contributed by atoms with van der Waals surface area (Å²) in [6.07, 6.45) is 6.01. The van der Waals surface area contributed by atoms with E-state index in [9.17, 15) is 0 Å². The van der Waals surface area contributed by atoms with Gasteiger partial charge in [0.25, 0.3) is 0 Å². The Morgan fingerprint density at radius 2 is 2.29 bits per heavy atom. The fourth-order valence-corrected chi connectivity index (χ4v) is 1.43. The van der Waals surface area contributed by atoms with E-state index < -0.39 is 0 Å². The minimum atomic E-state index is 0.559. The summed E-state index contributed by atoms with van der Waals surface area (Å²) in [6, 6.07) is 5.75. The number of pyridine rings is 1. The number of nitrogens with zero attached hydrogens (tertiary/aromatic N) is 3. The molecule has 5 heteroatoms. The molecule has 0 fully saturated rings. The van der Waals surface area contributed by atoms with Crippen LogP contribution in [0, 0.1) is 0 Å². The summed E-state index contributed by atoms with van der Waals surface area (Å²) in [5, 5.41) is 3.21. The third-order valence-electron chi connectivity index (χ3n) is 2.29. The molecule has 88 valence electrons. The first-order valence-corrected chi connectivity index (χ1v) is 5.37. The van der Waals surface area contributed by atoms with Crippen LogP contribution in [-0.4, -0.2) is 28.6 Å². The van der Waals surface area contributed by atoms with Crippen LogP contribution in [0.15, 0.2) is 36.9 Å². The van der Waals surface area contributed by atoms with Crippen molar-refractivity contribution < 1.29 is 4.74 Å². The molecule has 0 spiro atoms. The molecule has 5 nitrogen and oxygen atoms in total. The first-order chi connectivity index (χ1) is 8.38. The first kappa shape index (κ1) is 11.3. The van der Waals surface area contributed by atoms with Crippen LogP contribution in [-0.2, 0) is 6.42 Å². The van der Waals surface area contributed by atoms with Crippen LogP contribution >= 0.6 is 0 Å². The standard InChI is InChI=1S/C12H14N4O/c1-17-12-7-11(15-9-16-12)14-6-4-10-3-2-5-13-8-10/h2-3,5,7-9H,4,6H2,1H3,(H,14,15,16). The molecule has 0 saturated heterocycles. The molecule has 1 N–H and O–H groups in total. The molecule has 2 rings (SSSR count). The number of anilines is 1. The van der Waals surface area contributed by atoms with Gasteiger partial charge in [-0.05, 0) is 18.1 Å². The minimum absolute atomic E-state index is 0.559. The Balaban J connectivity index is 1.86. The van der Waals surface area contributed by atoms with Gasteiger partial charge < -0.3 is 10.1 Å². The van der Waals surface area contributed by atoms with Gasteiger partial charge in [0.2, 0.25) is 5.88 Å². The highest BCUT2D eigenvalue weighted by Crippen LogP contribution is 2.09. The van der Waals surface area contributed by atoms with E-state index in [2.05, 4.69) is 26.3 Å². The van der Waals surface area contributed by atoms with Crippen LogP contribution in [0.5, 0.6) is 5.88 Å². The normalized spacial score (nSPS) is 9.94. The SMILES string of the molecule is COc1cc(NCCc2cccnc2)ncn1. The van der Waals surface area contributed by atoms with E-state index in [0.29, 0.717) is 5.88 Å². The van der Waals surface area contributed by atoms with Crippen molar-refractivity contribution in [2.75, 3.05) is 19.0 Å². The number of rotatable bonds is 5. The number of methoxy groups -OCH3 is 1. The second-order valence-corrected chi connectivity index (χ2v) is 3.48. The third kappa shape index (κ3) is 3.41. The highest BCUT2D eigenvalue weighted by atomic mass is 16.5. The molecule has 0 saturated carbocycles. The van der Waals surface area contributed by atoms with E-state index in [0.717, 1.165) is 18.8 Å². The quantitative estimate of drug-likeness (QED) is 0.844. The predicted molar refractivity (Wildman–Crippen MR) is 65.0 cm³/mol. The lowest BCUT2D eigenvalue weighted by Crippen LogP contribution is -2.06. The van der Waals surface area contributed by atoms with Gasteiger partial charge in [0.05, 0.1) is 7.11 Å².